The average molecular weight is 347 g/mol. The molecule has 9 heavy (non-hydrogen) atoms. The van der Waals surface area contributed by atoms with E-state index in [1.54, 1.807) is 0 Å². The van der Waals surface area contributed by atoms with Gasteiger partial charge in [0.1, 0.15) is 5.75 Å². The fourth-order valence-corrected chi connectivity index (χ4v) is 0.914. The van der Waals surface area contributed by atoms with E-state index in [-0.39, 0.29) is 27.3 Å². The first-order chi connectivity index (χ1) is 3.42. The Kier molecular flexibility index (Phi) is 6.35. The van der Waals surface area contributed by atoms with Crippen molar-refractivity contribution < 1.29 is 18.1 Å². The number of rotatable bonds is 2. The smallest absolute Gasteiger partial charge is 0.267 e. The summed E-state index contributed by atoms with van der Waals surface area (Å²) in [6.07, 6.45) is -0.995. The Morgan fingerprint density at radius 3 is 1.89 bits per heavy atom. The first-order valence-electron chi connectivity index (χ1n) is 2.05. The second-order valence-electron chi connectivity index (χ2n) is 1.60. The van der Waals surface area contributed by atoms with Crippen molar-refractivity contribution in [1.82, 2.24) is 0 Å². The van der Waals surface area contributed by atoms with Crippen LogP contribution in [0.5, 0.6) is 0 Å². The molecule has 54 valence electrons. The van der Waals surface area contributed by atoms with Gasteiger partial charge in [-0.1, -0.05) is 0 Å². The van der Waals surface area contributed by atoms with Crippen molar-refractivity contribution in [1.29, 1.82) is 0 Å². The van der Waals surface area contributed by atoms with Gasteiger partial charge in [-0.15, -0.1) is 0 Å². The minimum absolute atomic E-state index is 0. The van der Waals surface area contributed by atoms with Gasteiger partial charge in [0.25, 0.3) is 10.1 Å². The van der Waals surface area contributed by atoms with Gasteiger partial charge in [0.05, 0.1) is 6.10 Å². The first kappa shape index (κ1) is 12.5. The van der Waals surface area contributed by atoms with Gasteiger partial charge in [0.2, 0.25) is 0 Å². The van der Waals surface area contributed by atoms with Gasteiger partial charge in [-0.2, -0.15) is 8.42 Å². The molecule has 0 aliphatic carbocycles. The molecule has 0 aromatic carbocycles. The average Bonchev–Trinajstić information content (AvgIpc) is 1.21. The van der Waals surface area contributed by atoms with Crippen LogP contribution in [0.2, 0.25) is 0 Å². The van der Waals surface area contributed by atoms with Crippen molar-refractivity contribution in [3.63, 3.8) is 0 Å². The van der Waals surface area contributed by atoms with Crippen LogP contribution in [0.15, 0.2) is 0 Å². The molecule has 0 heterocycles. The molecule has 0 aliphatic heterocycles. The zero-order valence-corrected chi connectivity index (χ0v) is 9.61. The molecule has 0 saturated heterocycles. The number of hydrogen-bond donors (Lipinski definition) is 2. The first-order valence-corrected chi connectivity index (χ1v) is 3.66. The second-order valence-corrected chi connectivity index (χ2v) is 3.09. The van der Waals surface area contributed by atoms with Crippen LogP contribution in [0.4, 0.5) is 0 Å². The van der Waals surface area contributed by atoms with Gasteiger partial charge in [0, 0.05) is 27.3 Å². The van der Waals surface area contributed by atoms with Crippen LogP contribution in [0.1, 0.15) is 6.92 Å². The molecule has 1 unspecified atom stereocenters. The maximum atomic E-state index is 9.84. The molecule has 0 saturated carbocycles. The Labute approximate surface area is 74.2 Å². The predicted molar refractivity (Wildman–Crippen MR) is 33.9 cm³/mol. The van der Waals surface area contributed by atoms with E-state index < -0.39 is 22.0 Å². The van der Waals surface area contributed by atoms with Crippen LogP contribution in [0, 0.1) is 0 Å². The third-order valence-electron chi connectivity index (χ3n) is 0.452. The summed E-state index contributed by atoms with van der Waals surface area (Å²) in [5.41, 5.74) is 0. The summed E-state index contributed by atoms with van der Waals surface area (Å²) < 4.78 is 27.7. The Hall–Kier alpha value is 0.792. The Morgan fingerprint density at radius 2 is 1.89 bits per heavy atom. The van der Waals surface area contributed by atoms with Gasteiger partial charge >= 0.3 is 0 Å². The van der Waals surface area contributed by atoms with Crippen LogP contribution in [-0.4, -0.2) is 57.2 Å². The van der Waals surface area contributed by atoms with Gasteiger partial charge < -0.3 is 5.11 Å². The Balaban J connectivity index is 0. The SMILES string of the molecule is CC(O)CS(=O)(=O)O.[Pb]. The molecule has 4 radical (unpaired) electrons. The van der Waals surface area contributed by atoms with Crippen molar-refractivity contribution in [2.24, 2.45) is 0 Å². The van der Waals surface area contributed by atoms with E-state index in [4.69, 9.17) is 9.66 Å². The van der Waals surface area contributed by atoms with E-state index in [1.807, 2.05) is 0 Å². The fraction of sp³-hybridized carbons (Fsp3) is 1.00. The van der Waals surface area contributed by atoms with E-state index in [1.165, 1.54) is 6.92 Å². The van der Waals surface area contributed by atoms with Crippen molar-refractivity contribution in [3.05, 3.63) is 0 Å². The minimum Gasteiger partial charge on any atom is -0.392 e. The van der Waals surface area contributed by atoms with Gasteiger partial charge in [-0.25, -0.2) is 0 Å². The largest absolute Gasteiger partial charge is 0.392 e. The van der Waals surface area contributed by atoms with Crippen LogP contribution >= 0.6 is 0 Å². The van der Waals surface area contributed by atoms with Gasteiger partial charge in [-0.05, 0) is 6.92 Å². The monoisotopic (exact) mass is 348 g/mol. The maximum absolute atomic E-state index is 9.84. The molecule has 0 aliphatic rings. The summed E-state index contributed by atoms with van der Waals surface area (Å²) in [5.74, 6) is -0.590. The predicted octanol–water partition coefficient (Wildman–Crippen LogP) is -1.13. The molecule has 0 aromatic rings. The molecule has 0 bridgehead atoms. The molecule has 0 spiro atoms. The van der Waals surface area contributed by atoms with E-state index in [0.29, 0.717) is 0 Å². The molecule has 0 amide bonds. The molecule has 0 aromatic heterocycles. The van der Waals surface area contributed by atoms with E-state index in [2.05, 4.69) is 0 Å². The summed E-state index contributed by atoms with van der Waals surface area (Å²) in [6.45, 7) is 1.29. The zero-order chi connectivity index (χ0) is 6.78. The summed E-state index contributed by atoms with van der Waals surface area (Å²) in [7, 11) is -3.97. The van der Waals surface area contributed by atoms with E-state index in [0.717, 1.165) is 0 Å². The van der Waals surface area contributed by atoms with E-state index >= 15 is 0 Å². The van der Waals surface area contributed by atoms with Crippen molar-refractivity contribution in [3.8, 4) is 0 Å². The normalized spacial score (nSPS) is 14.1. The molecular weight excluding hydrogens is 339 g/mol. The summed E-state index contributed by atoms with van der Waals surface area (Å²) in [6, 6.07) is 0. The molecular formula is C3H8O4PbS. The van der Waals surface area contributed by atoms with Crippen LogP contribution < -0.4 is 0 Å². The number of hydrogen-bond acceptors (Lipinski definition) is 3. The third kappa shape index (κ3) is 12.1. The van der Waals surface area contributed by atoms with Crippen molar-refractivity contribution in [2.75, 3.05) is 5.75 Å². The van der Waals surface area contributed by atoms with E-state index in [9.17, 15) is 8.42 Å². The Bertz CT molecular complexity index is 149. The fourth-order valence-electron chi connectivity index (χ4n) is 0.305. The van der Waals surface area contributed by atoms with Gasteiger partial charge in [-0.3, -0.25) is 4.55 Å². The number of aliphatic hydroxyl groups excluding tert-OH is 1. The summed E-state index contributed by atoms with van der Waals surface area (Å²) in [5, 5.41) is 8.35. The second kappa shape index (κ2) is 4.58. The molecule has 0 fully saturated rings. The summed E-state index contributed by atoms with van der Waals surface area (Å²) >= 11 is 0. The van der Waals surface area contributed by atoms with Crippen LogP contribution in [0.25, 0.3) is 0 Å². The van der Waals surface area contributed by atoms with Crippen molar-refractivity contribution >= 4 is 37.4 Å². The topological polar surface area (TPSA) is 74.6 Å². The van der Waals surface area contributed by atoms with Crippen LogP contribution in [0.3, 0.4) is 0 Å². The maximum Gasteiger partial charge on any atom is 0.267 e. The van der Waals surface area contributed by atoms with Crippen LogP contribution in [-0.2, 0) is 10.1 Å². The standard InChI is InChI=1S/C3H8O4S.Pb/c1-3(4)2-8(5,6)7;/h3-4H,2H2,1H3,(H,5,6,7);. The van der Waals surface area contributed by atoms with Gasteiger partial charge in [0.15, 0.2) is 0 Å². The molecule has 4 nitrogen and oxygen atoms in total. The quantitative estimate of drug-likeness (QED) is 0.490. The molecule has 2 N–H and O–H groups in total. The molecule has 1 atom stereocenters. The molecule has 0 rings (SSSR count). The minimum atomic E-state index is -3.97. The summed E-state index contributed by atoms with van der Waals surface area (Å²) in [4.78, 5) is 0. The Morgan fingerprint density at radius 1 is 1.56 bits per heavy atom. The van der Waals surface area contributed by atoms with Crippen molar-refractivity contribution in [2.45, 2.75) is 13.0 Å². The molecule has 6 heteroatoms. The zero-order valence-electron chi connectivity index (χ0n) is 4.90. The number of aliphatic hydroxyl groups is 1. The third-order valence-corrected chi connectivity index (χ3v) is 1.36.